The monoisotopic (exact) mass is 307 g/mol. The largest absolute Gasteiger partial charge is 0.481 e. The number of hydrogen-bond donors (Lipinski definition) is 1. The van der Waals surface area contributed by atoms with Crippen molar-refractivity contribution < 1.29 is 14.7 Å². The molecular formula is C16H21NO3S. The predicted molar refractivity (Wildman–Crippen MR) is 84.6 cm³/mol. The number of carboxylic acid groups (broad SMARTS) is 1. The van der Waals surface area contributed by atoms with Gasteiger partial charge in [0.05, 0.1) is 6.42 Å². The van der Waals surface area contributed by atoms with Crippen molar-refractivity contribution in [2.24, 2.45) is 0 Å². The van der Waals surface area contributed by atoms with E-state index in [-0.39, 0.29) is 18.4 Å². The third-order valence-electron chi connectivity index (χ3n) is 3.72. The molecule has 1 unspecified atom stereocenters. The van der Waals surface area contributed by atoms with Gasteiger partial charge in [-0.1, -0.05) is 19.1 Å². The van der Waals surface area contributed by atoms with Crippen LogP contribution in [-0.2, 0) is 10.5 Å². The number of thioether (sulfide) groups is 1. The van der Waals surface area contributed by atoms with Crippen LogP contribution in [0.1, 0.15) is 42.1 Å². The van der Waals surface area contributed by atoms with Crippen molar-refractivity contribution in [3.63, 3.8) is 0 Å². The maximum atomic E-state index is 12.5. The van der Waals surface area contributed by atoms with E-state index in [2.05, 4.69) is 6.92 Å². The summed E-state index contributed by atoms with van der Waals surface area (Å²) in [6, 6.07) is 7.51. The molecule has 1 aromatic rings. The number of carbonyl (C=O) groups excluding carboxylic acids is 1. The maximum absolute atomic E-state index is 12.5. The lowest BCUT2D eigenvalue weighted by molar-refractivity contribution is -0.137. The van der Waals surface area contributed by atoms with Crippen molar-refractivity contribution >= 4 is 23.6 Å². The smallest absolute Gasteiger partial charge is 0.305 e. The van der Waals surface area contributed by atoms with Crippen molar-refractivity contribution in [2.45, 2.75) is 38.0 Å². The van der Waals surface area contributed by atoms with Crippen molar-refractivity contribution in [1.82, 2.24) is 4.90 Å². The van der Waals surface area contributed by atoms with Crippen LogP contribution in [0.5, 0.6) is 0 Å². The summed E-state index contributed by atoms with van der Waals surface area (Å²) in [6.07, 6.45) is 1.70. The molecule has 4 nitrogen and oxygen atoms in total. The summed E-state index contributed by atoms with van der Waals surface area (Å²) in [7, 11) is 0. The van der Waals surface area contributed by atoms with E-state index >= 15 is 0 Å². The van der Waals surface area contributed by atoms with Gasteiger partial charge in [0.1, 0.15) is 0 Å². The lowest BCUT2D eigenvalue weighted by Crippen LogP contribution is -2.36. The molecule has 0 aromatic heterocycles. The van der Waals surface area contributed by atoms with Crippen molar-refractivity contribution in [2.75, 3.05) is 12.3 Å². The van der Waals surface area contributed by atoms with Crippen LogP contribution in [0, 0.1) is 0 Å². The van der Waals surface area contributed by atoms with Gasteiger partial charge >= 0.3 is 5.97 Å². The normalized spacial score (nSPS) is 18.0. The molecule has 1 amide bonds. The molecule has 0 radical (unpaired) electrons. The molecule has 1 heterocycles. The van der Waals surface area contributed by atoms with Crippen molar-refractivity contribution in [3.8, 4) is 0 Å². The average molecular weight is 307 g/mol. The summed E-state index contributed by atoms with van der Waals surface area (Å²) < 4.78 is 0. The second-order valence-corrected chi connectivity index (χ2v) is 6.50. The molecule has 0 spiro atoms. The zero-order valence-electron chi connectivity index (χ0n) is 12.2. The van der Waals surface area contributed by atoms with Gasteiger partial charge in [0.15, 0.2) is 0 Å². The Bertz CT molecular complexity index is 501. The summed E-state index contributed by atoms with van der Waals surface area (Å²) in [5.74, 6) is 1.14. The van der Waals surface area contributed by atoms with Crippen LogP contribution < -0.4 is 0 Å². The number of rotatable bonds is 6. The Kier molecular flexibility index (Phi) is 5.67. The minimum Gasteiger partial charge on any atom is -0.481 e. The summed E-state index contributed by atoms with van der Waals surface area (Å²) in [5.41, 5.74) is 1.86. The summed E-state index contributed by atoms with van der Waals surface area (Å²) in [5, 5.41) is 8.92. The molecule has 1 fully saturated rings. The Morgan fingerprint density at radius 3 is 2.67 bits per heavy atom. The first-order valence-corrected chi connectivity index (χ1v) is 8.46. The van der Waals surface area contributed by atoms with Crippen LogP contribution in [0.3, 0.4) is 0 Å². The van der Waals surface area contributed by atoms with Crippen LogP contribution in [-0.4, -0.2) is 40.2 Å². The van der Waals surface area contributed by atoms with E-state index in [0.717, 1.165) is 24.3 Å². The molecular weight excluding hydrogens is 286 g/mol. The van der Waals surface area contributed by atoms with E-state index in [9.17, 15) is 9.59 Å². The number of aliphatic carboxylic acids is 1. The summed E-state index contributed by atoms with van der Waals surface area (Å²) in [4.78, 5) is 25.1. The third kappa shape index (κ3) is 4.24. The summed E-state index contributed by atoms with van der Waals surface area (Å²) >= 11 is 1.85. The molecule has 1 atom stereocenters. The molecule has 1 N–H and O–H groups in total. The van der Waals surface area contributed by atoms with E-state index in [1.807, 2.05) is 36.0 Å². The average Bonchev–Trinajstić information content (AvgIpc) is 2.92. The molecule has 0 aliphatic carbocycles. The van der Waals surface area contributed by atoms with Gasteiger partial charge in [-0.3, -0.25) is 9.59 Å². The molecule has 1 saturated heterocycles. The van der Waals surface area contributed by atoms with Crippen LogP contribution >= 0.6 is 11.8 Å². The minimum atomic E-state index is -0.841. The second kappa shape index (κ2) is 7.50. The minimum absolute atomic E-state index is 0.0387. The first kappa shape index (κ1) is 15.9. The van der Waals surface area contributed by atoms with Crippen LogP contribution in [0.15, 0.2) is 24.3 Å². The van der Waals surface area contributed by atoms with Gasteiger partial charge in [0.2, 0.25) is 0 Å². The fourth-order valence-corrected chi connectivity index (χ4v) is 3.28. The van der Waals surface area contributed by atoms with Gasteiger partial charge in [0, 0.05) is 23.9 Å². The number of benzene rings is 1. The number of carboxylic acids is 1. The Hall–Kier alpha value is -1.49. The number of nitrogens with zero attached hydrogens (tertiary/aromatic N) is 1. The summed E-state index contributed by atoms with van der Waals surface area (Å²) in [6.45, 7) is 2.78. The van der Waals surface area contributed by atoms with Crippen LogP contribution in [0.2, 0.25) is 0 Å². The fraction of sp³-hybridized carbons (Fsp3) is 0.500. The highest BCUT2D eigenvalue weighted by Crippen LogP contribution is 2.23. The van der Waals surface area contributed by atoms with Gasteiger partial charge in [0.25, 0.3) is 5.91 Å². The zero-order valence-corrected chi connectivity index (χ0v) is 13.1. The van der Waals surface area contributed by atoms with E-state index in [1.54, 1.807) is 4.90 Å². The molecule has 0 saturated carbocycles. The highest BCUT2D eigenvalue weighted by Gasteiger charge is 2.30. The van der Waals surface area contributed by atoms with Crippen LogP contribution in [0.25, 0.3) is 0 Å². The van der Waals surface area contributed by atoms with Gasteiger partial charge in [-0.05, 0) is 36.3 Å². The molecule has 1 aliphatic heterocycles. The molecule has 1 aromatic carbocycles. The van der Waals surface area contributed by atoms with Gasteiger partial charge in [-0.25, -0.2) is 0 Å². The van der Waals surface area contributed by atoms with E-state index < -0.39 is 5.97 Å². The second-order valence-electron chi connectivity index (χ2n) is 5.23. The lowest BCUT2D eigenvalue weighted by atomic mass is 10.1. The number of carbonyl (C=O) groups is 2. The SMILES string of the molecule is CCSCc1ccc(C(=O)N2CCCC2CC(=O)O)cc1. The Morgan fingerprint density at radius 1 is 1.33 bits per heavy atom. The van der Waals surface area contributed by atoms with Crippen molar-refractivity contribution in [3.05, 3.63) is 35.4 Å². The Balaban J connectivity index is 2.03. The molecule has 1 aliphatic rings. The topological polar surface area (TPSA) is 57.6 Å². The molecule has 21 heavy (non-hydrogen) atoms. The van der Waals surface area contributed by atoms with Gasteiger partial charge in [-0.2, -0.15) is 11.8 Å². The highest BCUT2D eigenvalue weighted by atomic mass is 32.2. The zero-order chi connectivity index (χ0) is 15.2. The van der Waals surface area contributed by atoms with E-state index in [1.165, 1.54) is 5.56 Å². The first-order valence-electron chi connectivity index (χ1n) is 7.31. The molecule has 2 rings (SSSR count). The molecule has 5 heteroatoms. The molecule has 114 valence electrons. The fourth-order valence-electron chi connectivity index (χ4n) is 2.65. The highest BCUT2D eigenvalue weighted by molar-refractivity contribution is 7.98. The first-order chi connectivity index (χ1) is 10.1. The number of amides is 1. The number of likely N-dealkylation sites (tertiary alicyclic amines) is 1. The van der Waals surface area contributed by atoms with E-state index in [4.69, 9.17) is 5.11 Å². The van der Waals surface area contributed by atoms with Gasteiger partial charge in [-0.15, -0.1) is 0 Å². The quantitative estimate of drug-likeness (QED) is 0.877. The third-order valence-corrected chi connectivity index (χ3v) is 4.67. The Morgan fingerprint density at radius 2 is 2.05 bits per heavy atom. The number of hydrogen-bond acceptors (Lipinski definition) is 3. The Labute approximate surface area is 129 Å². The van der Waals surface area contributed by atoms with E-state index in [0.29, 0.717) is 12.1 Å². The standard InChI is InChI=1S/C16H21NO3S/c1-2-21-11-12-5-7-13(8-6-12)16(20)17-9-3-4-14(17)10-15(18)19/h5-8,14H,2-4,9-11H2,1H3,(H,18,19). The molecule has 0 bridgehead atoms. The van der Waals surface area contributed by atoms with Crippen molar-refractivity contribution in [1.29, 1.82) is 0 Å². The van der Waals surface area contributed by atoms with Gasteiger partial charge < -0.3 is 10.0 Å². The predicted octanol–water partition coefficient (Wildman–Crippen LogP) is 3.02. The maximum Gasteiger partial charge on any atom is 0.305 e. The lowest BCUT2D eigenvalue weighted by Gasteiger charge is -2.23. The van der Waals surface area contributed by atoms with Crippen LogP contribution in [0.4, 0.5) is 0 Å².